The van der Waals surface area contributed by atoms with E-state index in [4.69, 9.17) is 0 Å². The van der Waals surface area contributed by atoms with Crippen LogP contribution in [0.2, 0.25) is 0 Å². The first-order valence-electron chi connectivity index (χ1n) is 7.12. The third-order valence-electron chi connectivity index (χ3n) is 3.38. The lowest BCUT2D eigenvalue weighted by Crippen LogP contribution is -2.45. The van der Waals surface area contributed by atoms with Crippen molar-refractivity contribution in [2.24, 2.45) is 0 Å². The Morgan fingerprint density at radius 3 is 2.48 bits per heavy atom. The number of nitrogens with one attached hydrogen (secondary N) is 2. The minimum absolute atomic E-state index is 0.214. The molecule has 0 atom stereocenters. The Labute approximate surface area is 137 Å². The summed E-state index contributed by atoms with van der Waals surface area (Å²) >= 11 is 4.78. The van der Waals surface area contributed by atoms with E-state index in [1.807, 2.05) is 24.3 Å². The van der Waals surface area contributed by atoms with Crippen molar-refractivity contribution in [3.63, 3.8) is 0 Å². The van der Waals surface area contributed by atoms with Gasteiger partial charge >= 0.3 is 6.03 Å². The zero-order valence-corrected chi connectivity index (χ0v) is 14.1. The lowest BCUT2D eigenvalue weighted by Gasteiger charge is -2.22. The molecule has 1 saturated carbocycles. The molecule has 1 aromatic carbocycles. The van der Waals surface area contributed by atoms with Crippen molar-refractivity contribution in [3.8, 4) is 0 Å². The van der Waals surface area contributed by atoms with Crippen LogP contribution in [0.15, 0.2) is 33.6 Å². The van der Waals surface area contributed by atoms with Crippen LogP contribution in [0.4, 0.5) is 4.79 Å². The van der Waals surface area contributed by atoms with Gasteiger partial charge in [0.25, 0.3) is 0 Å². The zero-order valence-electron chi connectivity index (χ0n) is 11.7. The number of benzene rings is 1. The van der Waals surface area contributed by atoms with Gasteiger partial charge in [-0.2, -0.15) is 0 Å². The lowest BCUT2D eigenvalue weighted by atomic mass is 9.96. The second-order valence-electron chi connectivity index (χ2n) is 5.10. The first-order chi connectivity index (χ1) is 10.1. The van der Waals surface area contributed by atoms with Crippen LogP contribution in [-0.4, -0.2) is 23.7 Å². The molecule has 0 bridgehead atoms. The molecule has 1 aromatic rings. The maximum atomic E-state index is 11.7. The smallest absolute Gasteiger partial charge is 0.321 e. The third kappa shape index (κ3) is 6.09. The van der Waals surface area contributed by atoms with Crippen molar-refractivity contribution in [2.45, 2.75) is 43.0 Å². The van der Waals surface area contributed by atoms with E-state index in [-0.39, 0.29) is 23.7 Å². The van der Waals surface area contributed by atoms with E-state index in [9.17, 15) is 9.59 Å². The average Bonchev–Trinajstić information content (AvgIpc) is 2.47. The quantitative estimate of drug-likeness (QED) is 0.794. The summed E-state index contributed by atoms with van der Waals surface area (Å²) in [7, 11) is 0. The number of halogens is 1. The Kier molecular flexibility index (Phi) is 6.57. The van der Waals surface area contributed by atoms with E-state index in [0.29, 0.717) is 0 Å². The highest BCUT2D eigenvalue weighted by Crippen LogP contribution is 2.20. The second kappa shape index (κ2) is 8.44. The molecule has 1 aliphatic carbocycles. The van der Waals surface area contributed by atoms with Crippen molar-refractivity contribution in [1.29, 1.82) is 0 Å². The van der Waals surface area contributed by atoms with Gasteiger partial charge in [0.15, 0.2) is 0 Å². The van der Waals surface area contributed by atoms with E-state index in [1.54, 1.807) is 0 Å². The van der Waals surface area contributed by atoms with Crippen molar-refractivity contribution in [2.75, 3.05) is 5.75 Å². The summed E-state index contributed by atoms with van der Waals surface area (Å²) in [4.78, 5) is 24.5. The third-order valence-corrected chi connectivity index (χ3v) is 4.92. The molecule has 0 spiro atoms. The van der Waals surface area contributed by atoms with Gasteiger partial charge in [-0.05, 0) is 37.1 Å². The van der Waals surface area contributed by atoms with E-state index >= 15 is 0 Å². The van der Waals surface area contributed by atoms with Gasteiger partial charge in [-0.1, -0.05) is 35.2 Å². The predicted molar refractivity (Wildman–Crippen MR) is 88.4 cm³/mol. The highest BCUT2D eigenvalue weighted by Gasteiger charge is 2.16. The average molecular weight is 371 g/mol. The molecule has 0 heterocycles. The highest BCUT2D eigenvalue weighted by atomic mass is 79.9. The minimum atomic E-state index is -0.372. The molecule has 2 rings (SSSR count). The van der Waals surface area contributed by atoms with Crippen LogP contribution < -0.4 is 10.6 Å². The maximum Gasteiger partial charge on any atom is 0.321 e. The van der Waals surface area contributed by atoms with Crippen LogP contribution in [0.5, 0.6) is 0 Å². The van der Waals surface area contributed by atoms with Gasteiger partial charge in [0.05, 0.1) is 5.75 Å². The van der Waals surface area contributed by atoms with E-state index in [1.165, 1.54) is 18.2 Å². The summed E-state index contributed by atoms with van der Waals surface area (Å²) in [6.07, 6.45) is 5.56. The minimum Gasteiger partial charge on any atom is -0.335 e. The van der Waals surface area contributed by atoms with Gasteiger partial charge in [0.1, 0.15) is 0 Å². The van der Waals surface area contributed by atoms with Crippen molar-refractivity contribution in [3.05, 3.63) is 28.7 Å². The van der Waals surface area contributed by atoms with Crippen LogP contribution >= 0.6 is 27.7 Å². The number of hydrogen-bond donors (Lipinski definition) is 2. The molecule has 1 fully saturated rings. The number of imide groups is 1. The number of carbonyl (C=O) groups is 2. The highest BCUT2D eigenvalue weighted by molar-refractivity contribution is 9.10. The number of amides is 3. The van der Waals surface area contributed by atoms with E-state index < -0.39 is 0 Å². The summed E-state index contributed by atoms with van der Waals surface area (Å²) in [5.74, 6) is -0.0315. The number of carbonyl (C=O) groups excluding carboxylic acids is 2. The molecule has 6 heteroatoms. The second-order valence-corrected chi connectivity index (χ2v) is 7.06. The monoisotopic (exact) mass is 370 g/mol. The fourth-order valence-electron chi connectivity index (χ4n) is 2.31. The van der Waals surface area contributed by atoms with Gasteiger partial charge in [-0.25, -0.2) is 4.79 Å². The SMILES string of the molecule is O=C(CSc1ccc(Br)cc1)NC(=O)NC1CCCCC1. The summed E-state index contributed by atoms with van der Waals surface area (Å²) in [6, 6.07) is 7.56. The Balaban J connectivity index is 1.68. The molecular weight excluding hydrogens is 352 g/mol. The van der Waals surface area contributed by atoms with Crippen molar-refractivity contribution in [1.82, 2.24) is 10.6 Å². The number of urea groups is 1. The lowest BCUT2D eigenvalue weighted by molar-refractivity contribution is -0.117. The molecule has 0 unspecified atom stereocenters. The van der Waals surface area contributed by atoms with Gasteiger partial charge in [-0.15, -0.1) is 11.8 Å². The van der Waals surface area contributed by atoms with Gasteiger partial charge in [0.2, 0.25) is 5.91 Å². The van der Waals surface area contributed by atoms with Crippen LogP contribution in [0.1, 0.15) is 32.1 Å². The van der Waals surface area contributed by atoms with Crippen LogP contribution in [0, 0.1) is 0 Å². The van der Waals surface area contributed by atoms with Crippen molar-refractivity contribution >= 4 is 39.6 Å². The molecule has 3 amide bonds. The molecule has 0 radical (unpaired) electrons. The van der Waals surface area contributed by atoms with Gasteiger partial charge < -0.3 is 5.32 Å². The van der Waals surface area contributed by atoms with E-state index in [2.05, 4.69) is 26.6 Å². The Morgan fingerprint density at radius 1 is 1.14 bits per heavy atom. The topological polar surface area (TPSA) is 58.2 Å². The Morgan fingerprint density at radius 2 is 1.81 bits per heavy atom. The van der Waals surface area contributed by atoms with Gasteiger partial charge in [0, 0.05) is 15.4 Å². The molecule has 4 nitrogen and oxygen atoms in total. The standard InChI is InChI=1S/C15H19BrN2O2S/c16-11-6-8-13(9-7-11)21-10-14(19)18-15(20)17-12-4-2-1-3-5-12/h6-9,12H,1-5,10H2,(H2,17,18,19,20). The molecule has 114 valence electrons. The molecule has 2 N–H and O–H groups in total. The molecule has 0 saturated heterocycles. The van der Waals surface area contributed by atoms with Crippen molar-refractivity contribution < 1.29 is 9.59 Å². The molecule has 0 aromatic heterocycles. The number of thioether (sulfide) groups is 1. The van der Waals surface area contributed by atoms with Crippen LogP contribution in [0.25, 0.3) is 0 Å². The first kappa shape index (κ1) is 16.4. The fraction of sp³-hybridized carbons (Fsp3) is 0.467. The normalized spacial score (nSPS) is 15.5. The Bertz CT molecular complexity index is 487. The van der Waals surface area contributed by atoms with Crippen LogP contribution in [-0.2, 0) is 4.79 Å². The number of rotatable bonds is 4. The summed E-state index contributed by atoms with van der Waals surface area (Å²) in [5, 5.41) is 5.26. The summed E-state index contributed by atoms with van der Waals surface area (Å²) in [6.45, 7) is 0. The molecule has 1 aliphatic rings. The first-order valence-corrected chi connectivity index (χ1v) is 8.90. The fourth-order valence-corrected chi connectivity index (χ4v) is 3.27. The molecular formula is C15H19BrN2O2S. The maximum absolute atomic E-state index is 11.7. The van der Waals surface area contributed by atoms with E-state index in [0.717, 1.165) is 35.1 Å². The number of hydrogen-bond acceptors (Lipinski definition) is 3. The molecule has 21 heavy (non-hydrogen) atoms. The zero-order chi connectivity index (χ0) is 15.1. The molecule has 0 aliphatic heterocycles. The summed E-state index contributed by atoms with van der Waals surface area (Å²) in [5.41, 5.74) is 0. The predicted octanol–water partition coefficient (Wildman–Crippen LogP) is 3.70. The van der Waals surface area contributed by atoms with Crippen LogP contribution in [0.3, 0.4) is 0 Å². The Hall–Kier alpha value is -1.01. The van der Waals surface area contributed by atoms with Gasteiger partial charge in [-0.3, -0.25) is 10.1 Å². The summed E-state index contributed by atoms with van der Waals surface area (Å²) < 4.78 is 1.00. The largest absolute Gasteiger partial charge is 0.335 e.